The minimum atomic E-state index is -0.810. The highest BCUT2D eigenvalue weighted by Gasteiger charge is 2.26. The lowest BCUT2D eigenvalue weighted by Crippen LogP contribution is -2.39. The normalized spacial score (nSPS) is 16.3. The lowest BCUT2D eigenvalue weighted by Gasteiger charge is -2.27. The van der Waals surface area contributed by atoms with E-state index in [0.717, 1.165) is 36.2 Å². The molecule has 198 valence electrons. The van der Waals surface area contributed by atoms with Crippen molar-refractivity contribution < 1.29 is 28.1 Å². The summed E-state index contributed by atoms with van der Waals surface area (Å²) in [6.07, 6.45) is 2.88. The van der Waals surface area contributed by atoms with Gasteiger partial charge in [0.2, 0.25) is 5.88 Å². The summed E-state index contributed by atoms with van der Waals surface area (Å²) < 4.78 is 47.1. The van der Waals surface area contributed by atoms with E-state index in [9.17, 15) is 13.9 Å². The summed E-state index contributed by atoms with van der Waals surface area (Å²) >= 11 is 0. The molecule has 1 N–H and O–H groups in total. The molecule has 0 radical (unpaired) electrons. The van der Waals surface area contributed by atoms with Gasteiger partial charge in [0.05, 0.1) is 42.4 Å². The van der Waals surface area contributed by atoms with Crippen LogP contribution in [0.1, 0.15) is 24.1 Å². The molecule has 1 aliphatic heterocycles. The minimum absolute atomic E-state index is 0.0460. The van der Waals surface area contributed by atoms with Crippen LogP contribution in [0.2, 0.25) is 0 Å². The van der Waals surface area contributed by atoms with Crippen LogP contribution in [0.25, 0.3) is 5.69 Å². The highest BCUT2D eigenvalue weighted by molar-refractivity contribution is 5.43. The molecule has 0 unspecified atom stereocenters. The van der Waals surface area contributed by atoms with Crippen molar-refractivity contribution in [3.05, 3.63) is 84.1 Å². The second kappa shape index (κ2) is 12.9. The fourth-order valence-electron chi connectivity index (χ4n) is 4.37. The van der Waals surface area contributed by atoms with Crippen LogP contribution in [-0.4, -0.2) is 64.9 Å². The van der Waals surface area contributed by atoms with Gasteiger partial charge in [0.25, 0.3) is 0 Å². The Morgan fingerprint density at radius 1 is 1.27 bits per heavy atom. The van der Waals surface area contributed by atoms with E-state index < -0.39 is 17.7 Å². The number of aliphatic hydroxyl groups excluding tert-OH is 1. The molecule has 1 aromatic heterocycles. The third-order valence-electron chi connectivity index (χ3n) is 6.12. The first-order chi connectivity index (χ1) is 17.9. The molecule has 0 aliphatic carbocycles. The Labute approximate surface area is 215 Å². The van der Waals surface area contributed by atoms with Crippen molar-refractivity contribution in [3.8, 4) is 17.3 Å². The molecule has 2 aromatic carbocycles. The zero-order valence-corrected chi connectivity index (χ0v) is 21.0. The summed E-state index contributed by atoms with van der Waals surface area (Å²) in [5.74, 6) is -1.28. The third kappa shape index (κ3) is 7.23. The third-order valence-corrected chi connectivity index (χ3v) is 6.12. The molecule has 2 heterocycles. The number of ether oxygens (including phenoxy) is 3. The number of benzene rings is 2. The SMILES string of the molecule is C=CCOC[C@@H](O)CN(Cc1c(C)nn(-c2ccccc2)c1Oc1ccc(F)cc1F)C[C@H]1CCCO1. The van der Waals surface area contributed by atoms with Crippen LogP contribution in [0.4, 0.5) is 8.78 Å². The molecular weight excluding hydrogens is 480 g/mol. The van der Waals surface area contributed by atoms with E-state index in [-0.39, 0.29) is 18.5 Å². The summed E-state index contributed by atoms with van der Waals surface area (Å²) in [4.78, 5) is 2.07. The Morgan fingerprint density at radius 3 is 2.78 bits per heavy atom. The molecule has 1 saturated heterocycles. The standard InChI is InChI=1S/C28H33F2N3O4/c1-3-13-35-19-23(34)16-32(17-24-10-7-14-36-24)18-25-20(2)31-33(22-8-5-4-6-9-22)28(25)37-27-12-11-21(29)15-26(27)30/h3-6,8-9,11-12,15,23-24,34H,1,7,10,13-14,16-19H2,2H3/t23-,24+/m0/s1. The number of rotatable bonds is 13. The minimum Gasteiger partial charge on any atom is -0.435 e. The number of nitrogens with zero attached hydrogens (tertiary/aromatic N) is 3. The second-order valence-corrected chi connectivity index (χ2v) is 9.10. The lowest BCUT2D eigenvalue weighted by molar-refractivity contribution is 0.00836. The Hall–Kier alpha value is -3.11. The Kier molecular flexibility index (Phi) is 9.40. The number of para-hydroxylation sites is 1. The highest BCUT2D eigenvalue weighted by atomic mass is 19.1. The van der Waals surface area contributed by atoms with Gasteiger partial charge in [-0.15, -0.1) is 6.58 Å². The molecule has 4 rings (SSSR count). The van der Waals surface area contributed by atoms with Gasteiger partial charge in [0, 0.05) is 32.3 Å². The van der Waals surface area contributed by atoms with Crippen molar-refractivity contribution >= 4 is 0 Å². The lowest BCUT2D eigenvalue weighted by atomic mass is 10.1. The van der Waals surface area contributed by atoms with Crippen LogP contribution in [0.3, 0.4) is 0 Å². The van der Waals surface area contributed by atoms with E-state index in [1.165, 1.54) is 6.07 Å². The number of hydrogen-bond donors (Lipinski definition) is 1. The zero-order valence-electron chi connectivity index (χ0n) is 21.0. The maximum Gasteiger partial charge on any atom is 0.227 e. The van der Waals surface area contributed by atoms with Gasteiger partial charge in [-0.25, -0.2) is 13.5 Å². The molecule has 0 spiro atoms. The summed E-state index contributed by atoms with van der Waals surface area (Å²) in [6.45, 7) is 8.02. The zero-order chi connectivity index (χ0) is 26.2. The molecule has 7 nitrogen and oxygen atoms in total. The van der Waals surface area contributed by atoms with Gasteiger partial charge in [-0.05, 0) is 44.0 Å². The van der Waals surface area contributed by atoms with Gasteiger partial charge in [0.15, 0.2) is 11.6 Å². The summed E-state index contributed by atoms with van der Waals surface area (Å²) in [6, 6.07) is 12.6. The maximum absolute atomic E-state index is 14.6. The fourth-order valence-corrected chi connectivity index (χ4v) is 4.37. The van der Waals surface area contributed by atoms with Crippen LogP contribution in [-0.2, 0) is 16.0 Å². The Balaban J connectivity index is 1.66. The topological polar surface area (TPSA) is 69.0 Å². The van der Waals surface area contributed by atoms with Crippen LogP contribution < -0.4 is 4.74 Å². The average molecular weight is 514 g/mol. The summed E-state index contributed by atoms with van der Waals surface area (Å²) in [7, 11) is 0. The van der Waals surface area contributed by atoms with Crippen molar-refractivity contribution in [2.75, 3.05) is 32.9 Å². The fraction of sp³-hybridized carbons (Fsp3) is 0.393. The van der Waals surface area contributed by atoms with Gasteiger partial charge >= 0.3 is 0 Å². The largest absolute Gasteiger partial charge is 0.435 e. The monoisotopic (exact) mass is 513 g/mol. The van der Waals surface area contributed by atoms with Crippen LogP contribution >= 0.6 is 0 Å². The van der Waals surface area contributed by atoms with E-state index in [0.29, 0.717) is 44.4 Å². The van der Waals surface area contributed by atoms with Gasteiger partial charge in [0.1, 0.15) is 5.82 Å². The second-order valence-electron chi connectivity index (χ2n) is 9.10. The molecular formula is C28H33F2N3O4. The number of aromatic nitrogens is 2. The van der Waals surface area contributed by atoms with Crippen molar-refractivity contribution in [1.29, 1.82) is 0 Å². The van der Waals surface area contributed by atoms with Crippen LogP contribution in [0.5, 0.6) is 11.6 Å². The quantitative estimate of drug-likeness (QED) is 0.262. The van der Waals surface area contributed by atoms with Crippen molar-refractivity contribution in [2.24, 2.45) is 0 Å². The Morgan fingerprint density at radius 2 is 2.08 bits per heavy atom. The van der Waals surface area contributed by atoms with Crippen LogP contribution in [0, 0.1) is 18.6 Å². The van der Waals surface area contributed by atoms with E-state index in [1.54, 1.807) is 10.8 Å². The number of aryl methyl sites for hydroxylation is 1. The molecule has 0 amide bonds. The molecule has 0 saturated carbocycles. The van der Waals surface area contributed by atoms with Crippen LogP contribution in [0.15, 0.2) is 61.2 Å². The summed E-state index contributed by atoms with van der Waals surface area (Å²) in [5, 5.41) is 15.3. The molecule has 0 bridgehead atoms. The molecule has 1 aliphatic rings. The highest BCUT2D eigenvalue weighted by Crippen LogP contribution is 2.33. The van der Waals surface area contributed by atoms with Crippen molar-refractivity contribution in [2.45, 2.75) is 38.5 Å². The first kappa shape index (κ1) is 26.9. The van der Waals surface area contributed by atoms with E-state index >= 15 is 0 Å². The molecule has 1 fully saturated rings. The van der Waals surface area contributed by atoms with Gasteiger partial charge in [-0.3, -0.25) is 4.90 Å². The first-order valence-electron chi connectivity index (χ1n) is 12.4. The van der Waals surface area contributed by atoms with Crippen molar-refractivity contribution in [1.82, 2.24) is 14.7 Å². The van der Waals surface area contributed by atoms with Crippen molar-refractivity contribution in [3.63, 3.8) is 0 Å². The number of aliphatic hydroxyl groups is 1. The number of hydrogen-bond acceptors (Lipinski definition) is 6. The summed E-state index contributed by atoms with van der Waals surface area (Å²) in [5.41, 5.74) is 2.15. The maximum atomic E-state index is 14.6. The predicted molar refractivity (Wildman–Crippen MR) is 136 cm³/mol. The van der Waals surface area contributed by atoms with E-state index in [2.05, 4.69) is 16.6 Å². The smallest absolute Gasteiger partial charge is 0.227 e. The Bertz CT molecular complexity index is 1170. The molecule has 9 heteroatoms. The van der Waals surface area contributed by atoms with Gasteiger partial charge < -0.3 is 19.3 Å². The molecule has 37 heavy (non-hydrogen) atoms. The van der Waals surface area contributed by atoms with Gasteiger partial charge in [-0.1, -0.05) is 24.3 Å². The van der Waals surface area contributed by atoms with E-state index in [1.807, 2.05) is 37.3 Å². The first-order valence-corrected chi connectivity index (χ1v) is 12.4. The van der Waals surface area contributed by atoms with Gasteiger partial charge in [-0.2, -0.15) is 5.10 Å². The molecule has 2 atom stereocenters. The predicted octanol–water partition coefficient (Wildman–Crippen LogP) is 4.80. The number of halogens is 2. The average Bonchev–Trinajstić information content (AvgIpc) is 3.50. The molecule has 3 aromatic rings. The van der Waals surface area contributed by atoms with E-state index in [4.69, 9.17) is 14.2 Å².